The first-order valence-electron chi connectivity index (χ1n) is 3.17. The lowest BCUT2D eigenvalue weighted by Crippen LogP contribution is -2.48. The minimum atomic E-state index is 0.247. The van der Waals surface area contributed by atoms with E-state index in [4.69, 9.17) is 5.11 Å². The number of piperazine rings is 1. The van der Waals surface area contributed by atoms with E-state index in [1.807, 2.05) is 0 Å². The fourth-order valence-electron chi connectivity index (χ4n) is 0.946. The fourth-order valence-corrected chi connectivity index (χ4v) is 1.27. The molecule has 2 N–H and O–H groups in total. The molecule has 0 aromatic heterocycles. The highest BCUT2D eigenvalue weighted by Crippen LogP contribution is 2.06. The van der Waals surface area contributed by atoms with Crippen molar-refractivity contribution in [3.8, 4) is 0 Å². The number of nitrogens with zero attached hydrogens (tertiary/aromatic N) is 1. The first-order chi connectivity index (χ1) is 4.34. The number of nitrogens with one attached hydrogen (secondary N) is 1. The molecule has 0 aliphatic carbocycles. The lowest BCUT2D eigenvalue weighted by atomic mass is 10.2. The summed E-state index contributed by atoms with van der Waals surface area (Å²) >= 11 is 0. The minimum absolute atomic E-state index is 0.247. The molecule has 54 valence electrons. The average Bonchev–Trinajstić information content (AvgIpc) is 1.89. The molecule has 0 radical (unpaired) electrons. The van der Waals surface area contributed by atoms with E-state index >= 15 is 0 Å². The Morgan fingerprint density at radius 3 is 3.00 bits per heavy atom. The molecule has 1 fully saturated rings. The summed E-state index contributed by atoms with van der Waals surface area (Å²) in [5, 5.41) is 12.0. The van der Waals surface area contributed by atoms with Crippen LogP contribution in [0.2, 0.25) is 0 Å². The van der Waals surface area contributed by atoms with Crippen molar-refractivity contribution in [2.75, 3.05) is 26.2 Å². The molecule has 0 bridgehead atoms. The molecule has 0 amide bonds. The summed E-state index contributed by atoms with van der Waals surface area (Å²) in [6.07, 6.45) is 0. The molecule has 2 unspecified atom stereocenters. The van der Waals surface area contributed by atoms with Gasteiger partial charge in [0.25, 0.3) is 0 Å². The Bertz CT molecular complexity index is 91.0. The van der Waals surface area contributed by atoms with Crippen molar-refractivity contribution in [3.63, 3.8) is 0 Å². The van der Waals surface area contributed by atoms with Crippen molar-refractivity contribution in [1.29, 1.82) is 0 Å². The molecule has 0 aromatic carbocycles. The Morgan fingerprint density at radius 2 is 2.56 bits per heavy atom. The number of hydrogen-bond acceptors (Lipinski definition) is 3. The maximum atomic E-state index is 8.77. The van der Waals surface area contributed by atoms with Crippen LogP contribution in [0.25, 0.3) is 0 Å². The van der Waals surface area contributed by atoms with Crippen LogP contribution in [0.15, 0.2) is 0 Å². The summed E-state index contributed by atoms with van der Waals surface area (Å²) in [6.45, 7) is 3.19. The summed E-state index contributed by atoms with van der Waals surface area (Å²) in [7, 11) is 2.62. The highest BCUT2D eigenvalue weighted by Gasteiger charge is 2.16. The van der Waals surface area contributed by atoms with Gasteiger partial charge in [-0.3, -0.25) is 4.67 Å². The Kier molecular flexibility index (Phi) is 2.86. The van der Waals surface area contributed by atoms with Gasteiger partial charge in [0.15, 0.2) is 0 Å². The Balaban J connectivity index is 2.30. The van der Waals surface area contributed by atoms with Crippen LogP contribution in [0.5, 0.6) is 0 Å². The number of aliphatic hydroxyl groups is 1. The summed E-state index contributed by atoms with van der Waals surface area (Å²) in [5.74, 6) is 0. The predicted octanol–water partition coefficient (Wildman–Crippen LogP) is -0.957. The SMILES string of the molecule is OCC1CNCCN1P. The van der Waals surface area contributed by atoms with Crippen LogP contribution in [0.4, 0.5) is 0 Å². The summed E-state index contributed by atoms with van der Waals surface area (Å²) in [4.78, 5) is 0. The molecule has 2 atom stereocenters. The van der Waals surface area contributed by atoms with Crippen LogP contribution < -0.4 is 5.32 Å². The monoisotopic (exact) mass is 148 g/mol. The van der Waals surface area contributed by atoms with E-state index in [1.165, 1.54) is 0 Å². The van der Waals surface area contributed by atoms with Crippen molar-refractivity contribution in [3.05, 3.63) is 0 Å². The second-order valence-corrected chi connectivity index (χ2v) is 2.94. The lowest BCUT2D eigenvalue weighted by Gasteiger charge is -2.30. The van der Waals surface area contributed by atoms with Gasteiger partial charge in [0, 0.05) is 25.7 Å². The normalized spacial score (nSPS) is 30.7. The molecule has 1 aliphatic heterocycles. The van der Waals surface area contributed by atoms with Gasteiger partial charge in [-0.15, -0.1) is 0 Å². The Labute approximate surface area is 57.7 Å². The quantitative estimate of drug-likeness (QED) is 0.470. The van der Waals surface area contributed by atoms with E-state index in [-0.39, 0.29) is 6.61 Å². The molecule has 0 spiro atoms. The van der Waals surface area contributed by atoms with Crippen molar-refractivity contribution >= 4 is 9.39 Å². The van der Waals surface area contributed by atoms with Gasteiger partial charge < -0.3 is 10.4 Å². The first-order valence-corrected chi connectivity index (χ1v) is 3.69. The molecule has 1 saturated heterocycles. The first kappa shape index (κ1) is 7.42. The molecule has 4 heteroatoms. The van der Waals surface area contributed by atoms with Crippen molar-refractivity contribution in [1.82, 2.24) is 9.99 Å². The van der Waals surface area contributed by atoms with E-state index in [2.05, 4.69) is 19.4 Å². The number of rotatable bonds is 1. The molecule has 0 saturated carbocycles. The van der Waals surface area contributed by atoms with E-state index in [1.54, 1.807) is 0 Å². The summed E-state index contributed by atoms with van der Waals surface area (Å²) in [6, 6.07) is 0.295. The van der Waals surface area contributed by atoms with Gasteiger partial charge in [-0.1, -0.05) is 9.39 Å². The highest BCUT2D eigenvalue weighted by molar-refractivity contribution is 7.13. The molecular weight excluding hydrogens is 135 g/mol. The van der Waals surface area contributed by atoms with Gasteiger partial charge in [-0.2, -0.15) is 0 Å². The molecule has 1 rings (SSSR count). The molecule has 3 nitrogen and oxygen atoms in total. The number of hydrogen-bond donors (Lipinski definition) is 2. The van der Waals surface area contributed by atoms with E-state index in [0.29, 0.717) is 6.04 Å². The summed E-state index contributed by atoms with van der Waals surface area (Å²) < 4.78 is 2.09. The molecular formula is C5H13N2OP. The van der Waals surface area contributed by atoms with Gasteiger partial charge in [0.2, 0.25) is 0 Å². The third-order valence-corrected chi connectivity index (χ3v) is 2.29. The van der Waals surface area contributed by atoms with E-state index in [9.17, 15) is 0 Å². The zero-order valence-corrected chi connectivity index (χ0v) is 6.53. The highest BCUT2D eigenvalue weighted by atomic mass is 31.0. The van der Waals surface area contributed by atoms with Crippen LogP contribution in [0.1, 0.15) is 0 Å². The van der Waals surface area contributed by atoms with E-state index in [0.717, 1.165) is 19.6 Å². The standard InChI is InChI=1S/C5H13N2OP/c8-4-5-3-6-1-2-7(5)9/h5-6,8H,1-4,9H2. The predicted molar refractivity (Wildman–Crippen MR) is 40.2 cm³/mol. The lowest BCUT2D eigenvalue weighted by molar-refractivity contribution is 0.173. The molecule has 0 aromatic rings. The Morgan fingerprint density at radius 1 is 1.78 bits per heavy atom. The Hall–Kier alpha value is 0.310. The van der Waals surface area contributed by atoms with Gasteiger partial charge in [0.1, 0.15) is 0 Å². The molecule has 1 heterocycles. The van der Waals surface area contributed by atoms with Crippen LogP contribution in [0, 0.1) is 0 Å². The third kappa shape index (κ3) is 1.87. The molecule has 9 heavy (non-hydrogen) atoms. The van der Waals surface area contributed by atoms with Gasteiger partial charge >= 0.3 is 0 Å². The maximum Gasteiger partial charge on any atom is 0.0602 e. The largest absolute Gasteiger partial charge is 0.395 e. The van der Waals surface area contributed by atoms with Gasteiger partial charge in [-0.05, 0) is 0 Å². The van der Waals surface area contributed by atoms with Crippen molar-refractivity contribution in [2.45, 2.75) is 6.04 Å². The summed E-state index contributed by atoms with van der Waals surface area (Å²) in [5.41, 5.74) is 0. The minimum Gasteiger partial charge on any atom is -0.395 e. The second kappa shape index (κ2) is 3.47. The average molecular weight is 148 g/mol. The number of aliphatic hydroxyl groups excluding tert-OH is 1. The van der Waals surface area contributed by atoms with Crippen molar-refractivity contribution in [2.24, 2.45) is 0 Å². The maximum absolute atomic E-state index is 8.77. The fraction of sp³-hybridized carbons (Fsp3) is 1.00. The zero-order chi connectivity index (χ0) is 6.69. The van der Waals surface area contributed by atoms with Gasteiger partial charge in [0.05, 0.1) is 6.61 Å². The van der Waals surface area contributed by atoms with E-state index < -0.39 is 0 Å². The van der Waals surface area contributed by atoms with Crippen LogP contribution in [-0.4, -0.2) is 42.1 Å². The zero-order valence-electron chi connectivity index (χ0n) is 5.38. The topological polar surface area (TPSA) is 35.5 Å². The second-order valence-electron chi connectivity index (χ2n) is 2.28. The van der Waals surface area contributed by atoms with Crippen molar-refractivity contribution < 1.29 is 5.11 Å². The van der Waals surface area contributed by atoms with Crippen LogP contribution in [0.3, 0.4) is 0 Å². The molecule has 1 aliphatic rings. The van der Waals surface area contributed by atoms with Gasteiger partial charge in [-0.25, -0.2) is 0 Å². The smallest absolute Gasteiger partial charge is 0.0602 e. The van der Waals surface area contributed by atoms with Crippen LogP contribution >= 0.6 is 9.39 Å². The van der Waals surface area contributed by atoms with Crippen LogP contribution in [-0.2, 0) is 0 Å². The third-order valence-electron chi connectivity index (χ3n) is 1.61.